The minimum absolute atomic E-state index is 0.0148. The molecule has 2 aromatic carbocycles. The summed E-state index contributed by atoms with van der Waals surface area (Å²) >= 11 is 0. The number of hydrogen-bond acceptors (Lipinski definition) is 2. The van der Waals surface area contributed by atoms with Gasteiger partial charge in [-0.05, 0) is 38.0 Å². The van der Waals surface area contributed by atoms with Gasteiger partial charge in [0, 0.05) is 24.8 Å². The maximum absolute atomic E-state index is 13.3. The second-order valence-electron chi connectivity index (χ2n) is 6.57. The molecule has 0 radical (unpaired) electrons. The van der Waals surface area contributed by atoms with E-state index in [1.807, 2.05) is 75.4 Å². The van der Waals surface area contributed by atoms with E-state index < -0.39 is 5.97 Å². The number of carboxylic acid groups (broad SMARTS) is 1. The number of carboxylic acids is 1. The molecule has 0 heterocycles. The molecule has 1 N–H and O–H groups in total. The summed E-state index contributed by atoms with van der Waals surface area (Å²) in [6.45, 7) is 6.47. The molecule has 0 fully saturated rings. The summed E-state index contributed by atoms with van der Waals surface area (Å²) in [6.07, 6.45) is -0.0999. The number of rotatable bonds is 7. The molecule has 0 aliphatic carbocycles. The van der Waals surface area contributed by atoms with Crippen molar-refractivity contribution in [2.24, 2.45) is 0 Å². The molecule has 26 heavy (non-hydrogen) atoms. The van der Waals surface area contributed by atoms with E-state index in [2.05, 4.69) is 0 Å². The van der Waals surface area contributed by atoms with Gasteiger partial charge in [-0.2, -0.15) is 0 Å². The molecule has 0 aromatic heterocycles. The number of benzene rings is 2. The maximum atomic E-state index is 13.3. The van der Waals surface area contributed by atoms with Crippen molar-refractivity contribution in [2.45, 2.75) is 39.8 Å². The fourth-order valence-corrected chi connectivity index (χ4v) is 2.80. The Kier molecular flexibility index (Phi) is 6.78. The normalized spacial score (nSPS) is 10.6. The summed E-state index contributed by atoms with van der Waals surface area (Å²) in [6, 6.07) is 17.2. The Balaban J connectivity index is 2.32. The van der Waals surface area contributed by atoms with Gasteiger partial charge in [-0.1, -0.05) is 48.5 Å². The van der Waals surface area contributed by atoms with Gasteiger partial charge < -0.3 is 10.0 Å². The lowest BCUT2D eigenvalue weighted by Crippen LogP contribution is -2.47. The second-order valence-corrected chi connectivity index (χ2v) is 6.57. The zero-order chi connectivity index (χ0) is 19.1. The van der Waals surface area contributed by atoms with Crippen LogP contribution in [0.1, 0.15) is 31.4 Å². The SMILES string of the molecule is Cc1ccccc1N(CCC(=O)O)C(=O)N(Cc1ccccc1)C(C)C. The van der Waals surface area contributed by atoms with Crippen LogP contribution in [-0.4, -0.2) is 34.6 Å². The zero-order valence-corrected chi connectivity index (χ0v) is 15.6. The Labute approximate surface area is 154 Å². The lowest BCUT2D eigenvalue weighted by atomic mass is 10.1. The number of urea groups is 1. The van der Waals surface area contributed by atoms with Crippen molar-refractivity contribution in [1.29, 1.82) is 0 Å². The average molecular weight is 354 g/mol. The van der Waals surface area contributed by atoms with Crippen LogP contribution in [0.15, 0.2) is 54.6 Å². The van der Waals surface area contributed by atoms with E-state index in [0.717, 1.165) is 16.8 Å². The number of aliphatic carboxylic acids is 1. The maximum Gasteiger partial charge on any atom is 0.325 e. The van der Waals surface area contributed by atoms with Crippen molar-refractivity contribution in [1.82, 2.24) is 4.90 Å². The fraction of sp³-hybridized carbons (Fsp3) is 0.333. The molecular weight excluding hydrogens is 328 g/mol. The van der Waals surface area contributed by atoms with E-state index in [9.17, 15) is 9.59 Å². The lowest BCUT2D eigenvalue weighted by Gasteiger charge is -2.34. The van der Waals surface area contributed by atoms with Crippen molar-refractivity contribution in [2.75, 3.05) is 11.4 Å². The third-order valence-electron chi connectivity index (χ3n) is 4.25. The van der Waals surface area contributed by atoms with Crippen molar-refractivity contribution < 1.29 is 14.7 Å². The van der Waals surface area contributed by atoms with Crippen LogP contribution in [-0.2, 0) is 11.3 Å². The van der Waals surface area contributed by atoms with Crippen molar-refractivity contribution >= 4 is 17.7 Å². The smallest absolute Gasteiger partial charge is 0.325 e. The Hall–Kier alpha value is -2.82. The number of carbonyl (C=O) groups is 2. The monoisotopic (exact) mass is 354 g/mol. The summed E-state index contributed by atoms with van der Waals surface area (Å²) in [5, 5.41) is 9.09. The first-order valence-electron chi connectivity index (χ1n) is 8.79. The molecular formula is C21H26N2O3. The van der Waals surface area contributed by atoms with Crippen LogP contribution in [0.25, 0.3) is 0 Å². The highest BCUT2D eigenvalue weighted by molar-refractivity contribution is 5.93. The van der Waals surface area contributed by atoms with Crippen LogP contribution < -0.4 is 4.90 Å². The number of amides is 2. The summed E-state index contributed by atoms with van der Waals surface area (Å²) in [5.74, 6) is -0.921. The molecule has 2 amide bonds. The summed E-state index contributed by atoms with van der Waals surface area (Å²) in [7, 11) is 0. The van der Waals surface area contributed by atoms with E-state index in [1.54, 1.807) is 9.80 Å². The minimum atomic E-state index is -0.921. The Morgan fingerprint density at radius 2 is 1.62 bits per heavy atom. The van der Waals surface area contributed by atoms with Gasteiger partial charge in [-0.15, -0.1) is 0 Å². The number of anilines is 1. The number of hydrogen-bond donors (Lipinski definition) is 1. The predicted molar refractivity (Wildman–Crippen MR) is 103 cm³/mol. The third-order valence-corrected chi connectivity index (χ3v) is 4.25. The minimum Gasteiger partial charge on any atom is -0.481 e. The Bertz CT molecular complexity index is 744. The third kappa shape index (κ3) is 5.09. The summed E-state index contributed by atoms with van der Waals surface area (Å²) < 4.78 is 0. The molecule has 0 saturated heterocycles. The number of carbonyl (C=O) groups excluding carboxylic acids is 1. The standard InChI is InChI=1S/C21H26N2O3/c1-16(2)23(15-18-10-5-4-6-11-18)21(26)22(14-13-20(24)25)19-12-8-7-9-17(19)3/h4-12,16H,13-15H2,1-3H3,(H,24,25). The lowest BCUT2D eigenvalue weighted by molar-refractivity contribution is -0.136. The van der Waals surface area contributed by atoms with Crippen LogP contribution in [0, 0.1) is 6.92 Å². The van der Waals surface area contributed by atoms with E-state index in [0.29, 0.717) is 6.54 Å². The van der Waals surface area contributed by atoms with Crippen LogP contribution in [0.4, 0.5) is 10.5 Å². The van der Waals surface area contributed by atoms with Gasteiger partial charge >= 0.3 is 12.0 Å². The number of para-hydroxylation sites is 1. The predicted octanol–water partition coefficient (Wildman–Crippen LogP) is 4.31. The highest BCUT2D eigenvalue weighted by Crippen LogP contribution is 2.23. The Morgan fingerprint density at radius 1 is 1.00 bits per heavy atom. The van der Waals surface area contributed by atoms with E-state index in [-0.39, 0.29) is 25.0 Å². The first-order valence-corrected chi connectivity index (χ1v) is 8.79. The first-order chi connectivity index (χ1) is 12.4. The van der Waals surface area contributed by atoms with Gasteiger partial charge in [0.25, 0.3) is 0 Å². The molecule has 5 nitrogen and oxygen atoms in total. The fourth-order valence-electron chi connectivity index (χ4n) is 2.80. The Morgan fingerprint density at radius 3 is 2.19 bits per heavy atom. The van der Waals surface area contributed by atoms with Crippen molar-refractivity contribution in [3.63, 3.8) is 0 Å². The molecule has 5 heteroatoms. The topological polar surface area (TPSA) is 60.9 Å². The molecule has 138 valence electrons. The van der Waals surface area contributed by atoms with Gasteiger partial charge in [0.1, 0.15) is 0 Å². The first kappa shape index (κ1) is 19.5. The van der Waals surface area contributed by atoms with Crippen molar-refractivity contribution in [3.8, 4) is 0 Å². The van der Waals surface area contributed by atoms with Crippen LogP contribution in [0.2, 0.25) is 0 Å². The molecule has 2 rings (SSSR count). The van der Waals surface area contributed by atoms with Gasteiger partial charge in [-0.25, -0.2) is 4.79 Å². The van der Waals surface area contributed by atoms with Crippen LogP contribution in [0.3, 0.4) is 0 Å². The van der Waals surface area contributed by atoms with E-state index >= 15 is 0 Å². The van der Waals surface area contributed by atoms with Crippen molar-refractivity contribution in [3.05, 3.63) is 65.7 Å². The van der Waals surface area contributed by atoms with Gasteiger partial charge in [0.15, 0.2) is 0 Å². The molecule has 2 aromatic rings. The molecule has 0 bridgehead atoms. The second kappa shape index (κ2) is 9.04. The van der Waals surface area contributed by atoms with Crippen LogP contribution >= 0.6 is 0 Å². The van der Waals surface area contributed by atoms with Gasteiger partial charge in [0.05, 0.1) is 6.42 Å². The summed E-state index contributed by atoms with van der Waals surface area (Å²) in [5.41, 5.74) is 2.73. The molecule has 0 spiro atoms. The van der Waals surface area contributed by atoms with Gasteiger partial charge in [-0.3, -0.25) is 9.69 Å². The van der Waals surface area contributed by atoms with E-state index in [4.69, 9.17) is 5.11 Å². The van der Waals surface area contributed by atoms with E-state index in [1.165, 1.54) is 0 Å². The zero-order valence-electron chi connectivity index (χ0n) is 15.6. The number of aryl methyl sites for hydroxylation is 1. The quantitative estimate of drug-likeness (QED) is 0.806. The molecule has 0 aliphatic rings. The van der Waals surface area contributed by atoms with Crippen LogP contribution in [0.5, 0.6) is 0 Å². The summed E-state index contributed by atoms with van der Waals surface area (Å²) in [4.78, 5) is 27.7. The molecule has 0 aliphatic heterocycles. The highest BCUT2D eigenvalue weighted by atomic mass is 16.4. The van der Waals surface area contributed by atoms with Gasteiger partial charge in [0.2, 0.25) is 0 Å². The molecule has 0 saturated carbocycles. The number of nitrogens with zero attached hydrogens (tertiary/aromatic N) is 2. The highest BCUT2D eigenvalue weighted by Gasteiger charge is 2.26. The largest absolute Gasteiger partial charge is 0.481 e. The molecule has 0 unspecified atom stereocenters. The molecule has 0 atom stereocenters. The average Bonchev–Trinajstić information content (AvgIpc) is 2.61.